The molecular formula is C12H16N4OS. The smallest absolute Gasteiger partial charge is 0.242 e. The molecule has 0 aromatic heterocycles. The van der Waals surface area contributed by atoms with Gasteiger partial charge in [0.25, 0.3) is 0 Å². The molecule has 0 aliphatic carbocycles. The van der Waals surface area contributed by atoms with E-state index >= 15 is 0 Å². The maximum Gasteiger partial charge on any atom is 0.242 e. The third-order valence-corrected chi connectivity index (χ3v) is 3.19. The van der Waals surface area contributed by atoms with Crippen molar-refractivity contribution in [1.29, 1.82) is 5.26 Å². The van der Waals surface area contributed by atoms with Crippen LogP contribution in [0.3, 0.4) is 0 Å². The topological polar surface area (TPSA) is 91.8 Å². The van der Waals surface area contributed by atoms with Crippen LogP contribution in [0, 0.1) is 17.2 Å². The predicted molar refractivity (Wildman–Crippen MR) is 71.9 cm³/mol. The van der Waals surface area contributed by atoms with Crippen LogP contribution < -0.4 is 10.6 Å². The second-order valence-corrected chi connectivity index (χ2v) is 4.63. The fourth-order valence-electron chi connectivity index (χ4n) is 1.76. The van der Waals surface area contributed by atoms with Crippen LogP contribution in [-0.2, 0) is 4.79 Å². The highest BCUT2D eigenvalue weighted by Crippen LogP contribution is 2.15. The van der Waals surface area contributed by atoms with Crippen LogP contribution in [0.4, 0.5) is 0 Å². The van der Waals surface area contributed by atoms with Crippen molar-refractivity contribution in [3.63, 3.8) is 0 Å². The summed E-state index contributed by atoms with van der Waals surface area (Å²) in [5.41, 5.74) is 0.302. The molecular weight excluding hydrogens is 248 g/mol. The number of amides is 1. The van der Waals surface area contributed by atoms with Gasteiger partial charge in [0.05, 0.1) is 19.2 Å². The number of hydrogen-bond donors (Lipinski definition) is 2. The van der Waals surface area contributed by atoms with Crippen LogP contribution in [0.25, 0.3) is 5.41 Å². The van der Waals surface area contributed by atoms with Crippen molar-refractivity contribution in [2.24, 2.45) is 5.92 Å². The van der Waals surface area contributed by atoms with Gasteiger partial charge in [0.2, 0.25) is 5.91 Å². The van der Waals surface area contributed by atoms with E-state index in [1.165, 1.54) is 32.4 Å². The zero-order valence-electron chi connectivity index (χ0n) is 10.1. The normalized spacial score (nSPS) is 23.1. The Morgan fingerprint density at radius 2 is 2.06 bits per heavy atom. The number of carbonyl (C=O) groups excluding carboxylic acids is 1. The Balaban J connectivity index is 0.000000225. The van der Waals surface area contributed by atoms with E-state index in [1.54, 1.807) is 6.07 Å². The molecule has 0 spiro atoms. The van der Waals surface area contributed by atoms with Gasteiger partial charge >= 0.3 is 0 Å². The fraction of sp³-hybridized carbons (Fsp3) is 0.583. The molecule has 6 heteroatoms. The van der Waals surface area contributed by atoms with Crippen LogP contribution in [0.5, 0.6) is 0 Å². The third-order valence-electron chi connectivity index (χ3n) is 2.84. The summed E-state index contributed by atoms with van der Waals surface area (Å²) in [4.78, 5) is 11.1. The number of nitrogens with zero attached hydrogens (tertiary/aromatic N) is 2. The van der Waals surface area contributed by atoms with Crippen LogP contribution in [0.1, 0.15) is 25.7 Å². The van der Waals surface area contributed by atoms with Gasteiger partial charge in [-0.25, -0.2) is 0 Å². The van der Waals surface area contributed by atoms with Crippen LogP contribution in [-0.4, -0.2) is 29.9 Å². The van der Waals surface area contributed by atoms with E-state index in [-0.39, 0.29) is 11.4 Å². The summed E-state index contributed by atoms with van der Waals surface area (Å²) in [6.45, 7) is 2.75. The van der Waals surface area contributed by atoms with Gasteiger partial charge in [-0.2, -0.15) is 5.26 Å². The first-order valence-electron chi connectivity index (χ1n) is 6.01. The molecule has 1 unspecified atom stereocenters. The summed E-state index contributed by atoms with van der Waals surface area (Å²) in [6, 6.07) is 1.79. The summed E-state index contributed by atoms with van der Waals surface area (Å²) < 4.78 is 0. The monoisotopic (exact) mass is 264 g/mol. The third kappa shape index (κ3) is 4.38. The summed E-state index contributed by atoms with van der Waals surface area (Å²) >= 11 is 4.70. The van der Waals surface area contributed by atoms with Gasteiger partial charge < -0.3 is 16.0 Å². The molecule has 3 N–H and O–H groups in total. The van der Waals surface area contributed by atoms with Crippen LogP contribution in [0.2, 0.25) is 0 Å². The van der Waals surface area contributed by atoms with E-state index in [1.807, 2.05) is 5.87 Å². The molecule has 1 atom stereocenters. The summed E-state index contributed by atoms with van der Waals surface area (Å²) in [7, 11) is 0. The standard InChI is InChI=1S/C7H4N3OS.C5H11N/c8-2-4-1-5(3-9)7(12)10-6(4)11;1-2-4-6-5-3-1/h4H,1H2,(H,10,11,12);6H,1-5H2/q-1;/p+1. The highest BCUT2D eigenvalue weighted by atomic mass is 32.1. The average Bonchev–Trinajstić information content (AvgIpc) is 2.42. The zero-order valence-corrected chi connectivity index (χ0v) is 10.9. The maximum absolute atomic E-state index is 11.0. The Bertz CT molecular complexity index is 405. The van der Waals surface area contributed by atoms with Crippen molar-refractivity contribution < 1.29 is 10.1 Å². The van der Waals surface area contributed by atoms with Crippen molar-refractivity contribution in [1.82, 2.24) is 5.32 Å². The minimum atomic E-state index is -0.772. The van der Waals surface area contributed by atoms with Crippen molar-refractivity contribution in [3.8, 4) is 6.07 Å². The van der Waals surface area contributed by atoms with Gasteiger partial charge in [-0.3, -0.25) is 10.7 Å². The molecule has 2 rings (SSSR count). The molecule has 0 bridgehead atoms. The number of carbonyl (C=O) groups is 1. The molecule has 18 heavy (non-hydrogen) atoms. The van der Waals surface area contributed by atoms with E-state index in [0.717, 1.165) is 0 Å². The number of nitriles is 1. The minimum absolute atomic E-state index is 0.137. The number of piperidine rings is 2. The molecule has 2 fully saturated rings. The Morgan fingerprint density at radius 1 is 1.39 bits per heavy atom. The fourth-order valence-corrected chi connectivity index (χ4v) is 1.99. The quantitative estimate of drug-likeness (QED) is 0.363. The van der Waals surface area contributed by atoms with Crippen LogP contribution in [0.15, 0.2) is 5.57 Å². The van der Waals surface area contributed by atoms with E-state index < -0.39 is 11.8 Å². The van der Waals surface area contributed by atoms with Crippen molar-refractivity contribution in [2.75, 3.05) is 13.1 Å². The van der Waals surface area contributed by atoms with Crippen molar-refractivity contribution in [3.05, 3.63) is 11.0 Å². The lowest BCUT2D eigenvalue weighted by Crippen LogP contribution is -2.85. The highest BCUT2D eigenvalue weighted by Gasteiger charge is 2.26. The average molecular weight is 264 g/mol. The van der Waals surface area contributed by atoms with E-state index in [4.69, 9.17) is 22.9 Å². The molecule has 2 aliphatic heterocycles. The number of hydrogen-bond acceptors (Lipinski definition) is 3. The molecule has 96 valence electrons. The minimum Gasteiger partial charge on any atom is -0.763 e. The SMILES string of the molecule is C1CC[NH2+]CC1.N#CC1CC(=C=[N-])C(=S)NC1=O. The molecule has 2 heterocycles. The lowest BCUT2D eigenvalue weighted by molar-refractivity contribution is -0.662. The van der Waals surface area contributed by atoms with Crippen molar-refractivity contribution >= 4 is 29.0 Å². The Morgan fingerprint density at radius 3 is 2.44 bits per heavy atom. The Labute approximate surface area is 112 Å². The van der Waals surface area contributed by atoms with Gasteiger partial charge in [-0.15, -0.1) is 0 Å². The second kappa shape index (κ2) is 7.72. The molecule has 1 amide bonds. The van der Waals surface area contributed by atoms with Gasteiger partial charge in [0.1, 0.15) is 10.9 Å². The first-order chi connectivity index (χ1) is 8.69. The first-order valence-corrected chi connectivity index (χ1v) is 6.42. The molecule has 0 radical (unpaired) electrons. The molecule has 2 aliphatic rings. The summed E-state index contributed by atoms with van der Waals surface area (Å²) in [5.74, 6) is 0.661. The van der Waals surface area contributed by atoms with Gasteiger partial charge in [0.15, 0.2) is 0 Å². The van der Waals surface area contributed by atoms with E-state index in [0.29, 0.717) is 5.57 Å². The molecule has 0 saturated carbocycles. The van der Waals surface area contributed by atoms with Gasteiger partial charge in [0, 0.05) is 12.0 Å². The van der Waals surface area contributed by atoms with Crippen LogP contribution >= 0.6 is 12.2 Å². The molecule has 0 aromatic carbocycles. The number of nitrogens with one attached hydrogen (secondary N) is 1. The number of thiocarbonyl (C=S) groups is 1. The number of nitrogens with two attached hydrogens (primary N) is 1. The van der Waals surface area contributed by atoms with Gasteiger partial charge in [-0.05, 0) is 19.3 Å². The molecule has 5 nitrogen and oxygen atoms in total. The zero-order chi connectivity index (χ0) is 13.4. The van der Waals surface area contributed by atoms with Crippen molar-refractivity contribution in [2.45, 2.75) is 25.7 Å². The first kappa shape index (κ1) is 14.5. The summed E-state index contributed by atoms with van der Waals surface area (Å²) in [5, 5.41) is 21.7. The maximum atomic E-state index is 11.0. The predicted octanol–water partition coefficient (Wildman–Crippen LogP) is -0.127. The lowest BCUT2D eigenvalue weighted by atomic mass is 9.97. The van der Waals surface area contributed by atoms with E-state index in [9.17, 15) is 4.79 Å². The Hall–Kier alpha value is -1.54. The van der Waals surface area contributed by atoms with E-state index in [2.05, 4.69) is 10.6 Å². The molecule has 2 saturated heterocycles. The second-order valence-electron chi connectivity index (χ2n) is 4.22. The molecule has 0 aromatic rings. The lowest BCUT2D eigenvalue weighted by Gasteiger charge is -2.19. The number of rotatable bonds is 0. The summed E-state index contributed by atoms with van der Waals surface area (Å²) in [6.07, 6.45) is 4.49. The Kier molecular flexibility index (Phi) is 6.23. The van der Waals surface area contributed by atoms with Gasteiger partial charge in [-0.1, -0.05) is 12.2 Å². The number of quaternary nitrogens is 1. The highest BCUT2D eigenvalue weighted by molar-refractivity contribution is 7.80. The largest absolute Gasteiger partial charge is 0.763 e.